The lowest BCUT2D eigenvalue weighted by Gasteiger charge is -2.19. The predicted octanol–water partition coefficient (Wildman–Crippen LogP) is 5.98. The van der Waals surface area contributed by atoms with Crippen LogP contribution in [-0.2, 0) is 4.79 Å². The summed E-state index contributed by atoms with van der Waals surface area (Å²) in [4.78, 5) is 12.5. The number of benzene rings is 2. The van der Waals surface area contributed by atoms with E-state index in [-0.39, 0.29) is 5.91 Å². The van der Waals surface area contributed by atoms with Crippen LogP contribution in [-0.4, -0.2) is 12.5 Å². The van der Waals surface area contributed by atoms with E-state index < -0.39 is 0 Å². The van der Waals surface area contributed by atoms with Crippen LogP contribution in [0.4, 0.5) is 5.69 Å². The fourth-order valence-electron chi connectivity index (χ4n) is 2.87. The molecule has 2 aromatic carbocycles. The summed E-state index contributed by atoms with van der Waals surface area (Å²) in [5.41, 5.74) is 4.24. The first kappa shape index (κ1) is 19.8. The molecule has 0 saturated carbocycles. The van der Waals surface area contributed by atoms with Crippen LogP contribution in [0.15, 0.2) is 48.5 Å². The molecule has 0 aliphatic heterocycles. The molecule has 2 rings (SSSR count). The van der Waals surface area contributed by atoms with E-state index >= 15 is 0 Å². The van der Waals surface area contributed by atoms with Crippen LogP contribution in [0.1, 0.15) is 63.1 Å². The lowest BCUT2D eigenvalue weighted by Crippen LogP contribution is -2.13. The molecule has 0 aliphatic rings. The number of hydrogen-bond acceptors (Lipinski definition) is 2. The molecule has 0 aliphatic carbocycles. The lowest BCUT2D eigenvalue weighted by molar-refractivity contribution is -0.111. The molecule has 2 aromatic rings. The first-order valence-corrected chi connectivity index (χ1v) is 9.27. The Labute approximate surface area is 157 Å². The molecule has 0 unspecified atom stereocenters. The number of ether oxygens (including phenoxy) is 1. The highest BCUT2D eigenvalue weighted by Crippen LogP contribution is 2.32. The molecule has 0 bridgehead atoms. The Hall–Kier alpha value is -2.55. The van der Waals surface area contributed by atoms with Crippen LogP contribution in [0.3, 0.4) is 0 Å². The summed E-state index contributed by atoms with van der Waals surface area (Å²) < 4.78 is 5.43. The first-order chi connectivity index (χ1) is 12.4. The van der Waals surface area contributed by atoms with Crippen molar-refractivity contribution in [2.24, 2.45) is 0 Å². The Kier molecular flexibility index (Phi) is 7.02. The topological polar surface area (TPSA) is 38.3 Å². The molecule has 3 heteroatoms. The zero-order valence-corrected chi connectivity index (χ0v) is 16.4. The van der Waals surface area contributed by atoms with Crippen molar-refractivity contribution in [2.75, 3.05) is 11.9 Å². The molecule has 0 atom stereocenters. The number of anilines is 1. The maximum Gasteiger partial charge on any atom is 0.248 e. The molecule has 138 valence electrons. The summed E-state index contributed by atoms with van der Waals surface area (Å²) in [6, 6.07) is 13.9. The average molecular weight is 351 g/mol. The van der Waals surface area contributed by atoms with Crippen molar-refractivity contribution in [2.45, 2.75) is 46.5 Å². The Morgan fingerprint density at radius 2 is 1.58 bits per heavy atom. The number of amides is 1. The average Bonchev–Trinajstić information content (AvgIpc) is 2.61. The third-order valence-electron chi connectivity index (χ3n) is 4.24. The van der Waals surface area contributed by atoms with Gasteiger partial charge < -0.3 is 10.1 Å². The van der Waals surface area contributed by atoms with Gasteiger partial charge in [-0.3, -0.25) is 4.79 Å². The Morgan fingerprint density at radius 3 is 2.08 bits per heavy atom. The van der Waals surface area contributed by atoms with Gasteiger partial charge in [0.15, 0.2) is 0 Å². The molecule has 3 nitrogen and oxygen atoms in total. The van der Waals surface area contributed by atoms with Crippen molar-refractivity contribution < 1.29 is 9.53 Å². The molecule has 1 N–H and O–H groups in total. The van der Waals surface area contributed by atoms with Crippen molar-refractivity contribution in [3.63, 3.8) is 0 Å². The second-order valence-corrected chi connectivity index (χ2v) is 6.95. The first-order valence-electron chi connectivity index (χ1n) is 9.27. The van der Waals surface area contributed by atoms with E-state index in [2.05, 4.69) is 51.2 Å². The number of hydrogen-bond donors (Lipinski definition) is 1. The molecule has 1 amide bonds. The molecule has 0 aromatic heterocycles. The number of carbonyl (C=O) groups excluding carboxylic acids is 1. The second-order valence-electron chi connectivity index (χ2n) is 6.95. The van der Waals surface area contributed by atoms with Gasteiger partial charge in [-0.15, -0.1) is 0 Å². The summed E-state index contributed by atoms with van der Waals surface area (Å²) in [6.45, 7) is 11.2. The number of nitrogens with one attached hydrogen (secondary N) is 1. The molecule has 0 heterocycles. The van der Waals surface area contributed by atoms with Crippen molar-refractivity contribution in [3.8, 4) is 5.75 Å². The maximum absolute atomic E-state index is 12.5. The Bertz CT molecular complexity index is 732. The van der Waals surface area contributed by atoms with Gasteiger partial charge in [0.25, 0.3) is 0 Å². The normalized spacial score (nSPS) is 11.3. The molecule has 0 saturated heterocycles. The molecular weight excluding hydrogens is 322 g/mol. The van der Waals surface area contributed by atoms with E-state index in [0.29, 0.717) is 18.4 Å². The third-order valence-corrected chi connectivity index (χ3v) is 4.24. The highest BCUT2D eigenvalue weighted by molar-refractivity contribution is 6.03. The summed E-state index contributed by atoms with van der Waals surface area (Å²) >= 11 is 0. The number of rotatable bonds is 7. The minimum atomic E-state index is -0.117. The molecule has 0 radical (unpaired) electrons. The fourth-order valence-corrected chi connectivity index (χ4v) is 2.87. The van der Waals surface area contributed by atoms with Crippen LogP contribution in [0, 0.1) is 0 Å². The molecule has 0 spiro atoms. The van der Waals surface area contributed by atoms with Gasteiger partial charge in [-0.1, -0.05) is 58.0 Å². The highest BCUT2D eigenvalue weighted by atomic mass is 16.5. The van der Waals surface area contributed by atoms with Gasteiger partial charge in [0, 0.05) is 11.8 Å². The number of para-hydroxylation sites is 1. The minimum absolute atomic E-state index is 0.117. The standard InChI is InChI=1S/C23H29NO2/c1-6-26-19-13-10-18(11-14-19)12-15-22(25)24-23-20(16(2)3)8-7-9-21(23)17(4)5/h7-17H,6H2,1-5H3,(H,24,25)/b15-12+. The van der Waals surface area contributed by atoms with E-state index in [4.69, 9.17) is 4.74 Å². The zero-order valence-electron chi connectivity index (χ0n) is 16.4. The van der Waals surface area contributed by atoms with Crippen LogP contribution in [0.5, 0.6) is 5.75 Å². The van der Waals surface area contributed by atoms with Crippen molar-refractivity contribution >= 4 is 17.7 Å². The van der Waals surface area contributed by atoms with Crippen LogP contribution in [0.25, 0.3) is 6.08 Å². The van der Waals surface area contributed by atoms with E-state index in [1.54, 1.807) is 6.08 Å². The molecule has 0 fully saturated rings. The van der Waals surface area contributed by atoms with Crippen LogP contribution in [0.2, 0.25) is 0 Å². The fraction of sp³-hybridized carbons (Fsp3) is 0.348. The monoisotopic (exact) mass is 351 g/mol. The summed E-state index contributed by atoms with van der Waals surface area (Å²) in [5.74, 6) is 1.41. The quantitative estimate of drug-likeness (QED) is 0.623. The maximum atomic E-state index is 12.5. The van der Waals surface area contributed by atoms with E-state index in [1.807, 2.05) is 37.3 Å². The summed E-state index contributed by atoms with van der Waals surface area (Å²) in [5, 5.41) is 3.09. The summed E-state index contributed by atoms with van der Waals surface area (Å²) in [6.07, 6.45) is 3.40. The molecule has 26 heavy (non-hydrogen) atoms. The van der Waals surface area contributed by atoms with Crippen molar-refractivity contribution in [3.05, 3.63) is 65.2 Å². The van der Waals surface area contributed by atoms with Crippen LogP contribution < -0.4 is 10.1 Å². The van der Waals surface area contributed by atoms with Gasteiger partial charge in [-0.25, -0.2) is 0 Å². The summed E-state index contributed by atoms with van der Waals surface area (Å²) in [7, 11) is 0. The van der Waals surface area contributed by atoms with Gasteiger partial charge >= 0.3 is 0 Å². The SMILES string of the molecule is CCOc1ccc(/C=C/C(=O)Nc2c(C(C)C)cccc2C(C)C)cc1. The lowest BCUT2D eigenvalue weighted by atomic mass is 9.92. The Balaban J connectivity index is 2.16. The van der Waals surface area contributed by atoms with Gasteiger partial charge in [-0.2, -0.15) is 0 Å². The van der Waals surface area contributed by atoms with E-state index in [9.17, 15) is 4.79 Å². The second kappa shape index (κ2) is 9.23. The highest BCUT2D eigenvalue weighted by Gasteiger charge is 2.14. The third kappa shape index (κ3) is 5.22. The van der Waals surface area contributed by atoms with E-state index in [0.717, 1.165) is 17.0 Å². The Morgan fingerprint density at radius 1 is 1.00 bits per heavy atom. The van der Waals surface area contributed by atoms with Gasteiger partial charge in [0.05, 0.1) is 6.61 Å². The molecular formula is C23H29NO2. The zero-order chi connectivity index (χ0) is 19.1. The smallest absolute Gasteiger partial charge is 0.248 e. The van der Waals surface area contributed by atoms with E-state index in [1.165, 1.54) is 11.1 Å². The van der Waals surface area contributed by atoms with Crippen molar-refractivity contribution in [1.82, 2.24) is 0 Å². The van der Waals surface area contributed by atoms with Gasteiger partial charge in [-0.05, 0) is 53.7 Å². The minimum Gasteiger partial charge on any atom is -0.494 e. The number of carbonyl (C=O) groups is 1. The van der Waals surface area contributed by atoms with Crippen LogP contribution >= 0.6 is 0 Å². The largest absolute Gasteiger partial charge is 0.494 e. The van der Waals surface area contributed by atoms with Gasteiger partial charge in [0.2, 0.25) is 5.91 Å². The predicted molar refractivity (Wildman–Crippen MR) is 110 cm³/mol. The van der Waals surface area contributed by atoms with Crippen molar-refractivity contribution in [1.29, 1.82) is 0 Å². The van der Waals surface area contributed by atoms with Gasteiger partial charge in [0.1, 0.15) is 5.75 Å².